The van der Waals surface area contributed by atoms with E-state index in [9.17, 15) is 4.79 Å². The summed E-state index contributed by atoms with van der Waals surface area (Å²) in [7, 11) is 0. The van der Waals surface area contributed by atoms with Gasteiger partial charge in [0.1, 0.15) is 5.01 Å². The molecule has 0 fully saturated rings. The molecule has 0 radical (unpaired) electrons. The summed E-state index contributed by atoms with van der Waals surface area (Å²) in [4.78, 5) is 11.8. The molecule has 19 heavy (non-hydrogen) atoms. The summed E-state index contributed by atoms with van der Waals surface area (Å²) in [5, 5.41) is 12.0. The molecule has 1 amide bonds. The first kappa shape index (κ1) is 13.6. The molecule has 0 aliphatic rings. The van der Waals surface area contributed by atoms with Gasteiger partial charge in [0.2, 0.25) is 11.0 Å². The highest BCUT2D eigenvalue weighted by molar-refractivity contribution is 7.18. The number of carbonyl (C=O) groups excluding carboxylic acids is 1. The van der Waals surface area contributed by atoms with Gasteiger partial charge in [-0.1, -0.05) is 55.5 Å². The summed E-state index contributed by atoms with van der Waals surface area (Å²) in [6.07, 6.45) is 0. The second-order valence-corrected chi connectivity index (χ2v) is 5.51. The molecular weight excluding hydrogens is 260 g/mol. The predicted octanol–water partition coefficient (Wildman–Crippen LogP) is 2.13. The molecule has 0 spiro atoms. The van der Waals surface area contributed by atoms with Crippen LogP contribution in [-0.2, 0) is 4.79 Å². The molecular formula is C13H16N4OS. The number of hydrogen-bond acceptors (Lipinski definition) is 5. The Balaban J connectivity index is 2.08. The Morgan fingerprint density at radius 1 is 1.26 bits per heavy atom. The van der Waals surface area contributed by atoms with Gasteiger partial charge in [-0.05, 0) is 5.92 Å². The van der Waals surface area contributed by atoms with Crippen molar-refractivity contribution in [1.29, 1.82) is 0 Å². The van der Waals surface area contributed by atoms with Crippen molar-refractivity contribution in [3.05, 3.63) is 30.3 Å². The Labute approximate surface area is 115 Å². The molecule has 2 aromatic rings. The third-order valence-corrected chi connectivity index (χ3v) is 3.58. The zero-order chi connectivity index (χ0) is 13.8. The molecule has 0 aliphatic carbocycles. The minimum absolute atomic E-state index is 0.0847. The highest BCUT2D eigenvalue weighted by atomic mass is 32.1. The summed E-state index contributed by atoms with van der Waals surface area (Å²) < 4.78 is 0. The average molecular weight is 276 g/mol. The molecule has 0 saturated heterocycles. The number of nitrogens with zero attached hydrogens (tertiary/aromatic N) is 2. The summed E-state index contributed by atoms with van der Waals surface area (Å²) in [6.45, 7) is 3.81. The normalized spacial score (nSPS) is 12.4. The van der Waals surface area contributed by atoms with E-state index in [4.69, 9.17) is 5.73 Å². The molecule has 2 rings (SSSR count). The van der Waals surface area contributed by atoms with Crippen LogP contribution >= 0.6 is 11.3 Å². The Hall–Kier alpha value is -1.79. The molecule has 100 valence electrons. The number of hydrogen-bond donors (Lipinski definition) is 2. The van der Waals surface area contributed by atoms with E-state index >= 15 is 0 Å². The van der Waals surface area contributed by atoms with Crippen molar-refractivity contribution >= 4 is 22.4 Å². The first-order chi connectivity index (χ1) is 9.08. The highest BCUT2D eigenvalue weighted by Gasteiger charge is 2.18. The van der Waals surface area contributed by atoms with Crippen molar-refractivity contribution in [3.8, 4) is 10.6 Å². The monoisotopic (exact) mass is 276 g/mol. The second-order valence-electron chi connectivity index (χ2n) is 4.54. The second kappa shape index (κ2) is 5.90. The van der Waals surface area contributed by atoms with Crippen LogP contribution in [0, 0.1) is 5.92 Å². The molecule has 0 bridgehead atoms. The van der Waals surface area contributed by atoms with Gasteiger partial charge in [0, 0.05) is 5.56 Å². The van der Waals surface area contributed by atoms with Crippen molar-refractivity contribution < 1.29 is 4.79 Å². The Bertz CT molecular complexity index is 553. The van der Waals surface area contributed by atoms with Crippen molar-refractivity contribution in [2.45, 2.75) is 19.9 Å². The molecule has 1 aromatic carbocycles. The molecule has 1 unspecified atom stereocenters. The summed E-state index contributed by atoms with van der Waals surface area (Å²) in [5.74, 6) is -0.146. The lowest BCUT2D eigenvalue weighted by atomic mass is 10.1. The van der Waals surface area contributed by atoms with Crippen LogP contribution in [0.3, 0.4) is 0 Å². The lowest BCUT2D eigenvalue weighted by Crippen LogP contribution is -2.39. The average Bonchev–Trinajstić information content (AvgIpc) is 2.87. The summed E-state index contributed by atoms with van der Waals surface area (Å²) >= 11 is 1.33. The summed E-state index contributed by atoms with van der Waals surface area (Å²) in [5.41, 5.74) is 6.75. The van der Waals surface area contributed by atoms with E-state index in [1.54, 1.807) is 0 Å². The van der Waals surface area contributed by atoms with E-state index in [0.717, 1.165) is 10.6 Å². The maximum atomic E-state index is 11.8. The number of amides is 1. The fraction of sp³-hybridized carbons (Fsp3) is 0.308. The zero-order valence-electron chi connectivity index (χ0n) is 10.8. The van der Waals surface area contributed by atoms with Crippen molar-refractivity contribution in [3.63, 3.8) is 0 Å². The lowest BCUT2D eigenvalue weighted by Gasteiger charge is -2.13. The van der Waals surface area contributed by atoms with Gasteiger partial charge in [0.05, 0.1) is 6.04 Å². The van der Waals surface area contributed by atoms with Crippen LogP contribution in [0.1, 0.15) is 13.8 Å². The SMILES string of the molecule is CC(C)C(N)C(=O)Nc1nnc(-c2ccccc2)s1. The van der Waals surface area contributed by atoms with Gasteiger partial charge in [-0.25, -0.2) is 0 Å². The van der Waals surface area contributed by atoms with Crippen LogP contribution in [0.2, 0.25) is 0 Å². The topological polar surface area (TPSA) is 80.9 Å². The molecule has 6 heteroatoms. The number of aromatic nitrogens is 2. The fourth-order valence-corrected chi connectivity index (χ4v) is 2.21. The van der Waals surface area contributed by atoms with Crippen LogP contribution in [0.15, 0.2) is 30.3 Å². The Morgan fingerprint density at radius 2 is 1.95 bits per heavy atom. The smallest absolute Gasteiger partial charge is 0.243 e. The quantitative estimate of drug-likeness (QED) is 0.896. The fourth-order valence-electron chi connectivity index (χ4n) is 1.46. The number of nitrogens with two attached hydrogens (primary N) is 1. The minimum Gasteiger partial charge on any atom is -0.320 e. The number of nitrogens with one attached hydrogen (secondary N) is 1. The lowest BCUT2D eigenvalue weighted by molar-refractivity contribution is -0.118. The van der Waals surface area contributed by atoms with Crippen LogP contribution in [-0.4, -0.2) is 22.1 Å². The van der Waals surface area contributed by atoms with E-state index in [1.807, 2.05) is 44.2 Å². The molecule has 0 aliphatic heterocycles. The third kappa shape index (κ3) is 3.36. The van der Waals surface area contributed by atoms with Gasteiger partial charge in [0.25, 0.3) is 0 Å². The number of carbonyl (C=O) groups is 1. The zero-order valence-corrected chi connectivity index (χ0v) is 11.6. The molecule has 5 nitrogen and oxygen atoms in total. The molecule has 1 atom stereocenters. The molecule has 1 heterocycles. The van der Waals surface area contributed by atoms with Crippen molar-refractivity contribution in [2.24, 2.45) is 11.7 Å². The molecule has 3 N–H and O–H groups in total. The maximum Gasteiger partial charge on any atom is 0.243 e. The van der Waals surface area contributed by atoms with Crippen LogP contribution in [0.5, 0.6) is 0 Å². The third-order valence-electron chi connectivity index (χ3n) is 2.70. The van der Waals surface area contributed by atoms with Crippen LogP contribution < -0.4 is 11.1 Å². The van der Waals surface area contributed by atoms with Gasteiger partial charge in [-0.2, -0.15) is 0 Å². The van der Waals surface area contributed by atoms with E-state index < -0.39 is 6.04 Å². The van der Waals surface area contributed by atoms with Crippen molar-refractivity contribution in [2.75, 3.05) is 5.32 Å². The van der Waals surface area contributed by atoms with Gasteiger partial charge in [-0.3, -0.25) is 10.1 Å². The van der Waals surface area contributed by atoms with E-state index in [1.165, 1.54) is 11.3 Å². The number of anilines is 1. The number of rotatable bonds is 4. The van der Waals surface area contributed by atoms with Gasteiger partial charge in [0.15, 0.2) is 0 Å². The van der Waals surface area contributed by atoms with E-state index in [0.29, 0.717) is 5.13 Å². The predicted molar refractivity (Wildman–Crippen MR) is 76.8 cm³/mol. The van der Waals surface area contributed by atoms with Gasteiger partial charge >= 0.3 is 0 Å². The largest absolute Gasteiger partial charge is 0.320 e. The van der Waals surface area contributed by atoms with E-state index in [-0.39, 0.29) is 11.8 Å². The minimum atomic E-state index is -0.538. The Morgan fingerprint density at radius 3 is 2.58 bits per heavy atom. The Kier molecular flexibility index (Phi) is 4.24. The van der Waals surface area contributed by atoms with E-state index in [2.05, 4.69) is 15.5 Å². The van der Waals surface area contributed by atoms with Crippen molar-refractivity contribution in [1.82, 2.24) is 10.2 Å². The number of benzene rings is 1. The van der Waals surface area contributed by atoms with Gasteiger partial charge in [-0.15, -0.1) is 10.2 Å². The first-order valence-electron chi connectivity index (χ1n) is 6.03. The highest BCUT2D eigenvalue weighted by Crippen LogP contribution is 2.25. The molecule has 0 saturated carbocycles. The molecule has 1 aromatic heterocycles. The maximum absolute atomic E-state index is 11.8. The standard InChI is InChI=1S/C13H16N4OS/c1-8(2)10(14)11(18)15-13-17-16-12(19-13)9-6-4-3-5-7-9/h3-8,10H,14H2,1-2H3,(H,15,17,18). The summed E-state index contributed by atoms with van der Waals surface area (Å²) in [6, 6.07) is 9.17. The van der Waals surface area contributed by atoms with Gasteiger partial charge < -0.3 is 5.73 Å². The van der Waals surface area contributed by atoms with Crippen LogP contribution in [0.25, 0.3) is 10.6 Å². The van der Waals surface area contributed by atoms with Crippen LogP contribution in [0.4, 0.5) is 5.13 Å². The first-order valence-corrected chi connectivity index (χ1v) is 6.85.